The van der Waals surface area contributed by atoms with Crippen LogP contribution in [0.5, 0.6) is 0 Å². The molecule has 12 heavy (non-hydrogen) atoms. The maximum atomic E-state index is 10.4. The van der Waals surface area contributed by atoms with E-state index < -0.39 is 0 Å². The molecule has 1 aromatic rings. The third-order valence-corrected chi connectivity index (χ3v) is 1.71. The maximum Gasteiger partial charge on any atom is 0.131 e. The summed E-state index contributed by atoms with van der Waals surface area (Å²) in [6.07, 6.45) is 0. The largest absolute Gasteiger partial charge is 0.376 e. The summed E-state index contributed by atoms with van der Waals surface area (Å²) in [4.78, 5) is 12.3. The molecule has 0 spiro atoms. The van der Waals surface area contributed by atoms with Crippen LogP contribution in [-0.2, 0) is 0 Å². The monoisotopic (exact) mass is 164 g/mol. The summed E-state index contributed by atoms with van der Waals surface area (Å²) in [5.41, 5.74) is 2.41. The Morgan fingerprint density at radius 1 is 1.33 bits per heavy atom. The molecular weight excluding hydrogens is 152 g/mol. The molecule has 0 bridgehead atoms. The summed E-state index contributed by atoms with van der Waals surface area (Å²) in [5, 5.41) is 2.96. The van der Waals surface area contributed by atoms with Crippen LogP contribution in [0.15, 0.2) is 23.4 Å². The molecule has 3 heteroatoms. The highest BCUT2D eigenvalue weighted by atomic mass is 16.3. The third-order valence-electron chi connectivity index (χ3n) is 1.71. The molecule has 64 valence electrons. The van der Waals surface area contributed by atoms with Gasteiger partial charge in [0.2, 0.25) is 0 Å². The molecular formula is C9H12N2O. The highest BCUT2D eigenvalue weighted by molar-refractivity contribution is 5.66. The van der Waals surface area contributed by atoms with Crippen LogP contribution < -0.4 is 4.90 Å². The zero-order valence-electron chi connectivity index (χ0n) is 7.53. The summed E-state index contributed by atoms with van der Waals surface area (Å²) in [6, 6.07) is 5.64. The zero-order valence-corrected chi connectivity index (χ0v) is 7.53. The molecule has 0 atom stereocenters. The van der Waals surface area contributed by atoms with E-state index >= 15 is 0 Å². The molecule has 0 unspecified atom stereocenters. The first-order valence-corrected chi connectivity index (χ1v) is 3.76. The molecule has 0 fully saturated rings. The lowest BCUT2D eigenvalue weighted by Crippen LogP contribution is -2.08. The third kappa shape index (κ3) is 1.61. The molecule has 0 aliphatic carbocycles. The van der Waals surface area contributed by atoms with Gasteiger partial charge in [-0.1, -0.05) is 6.07 Å². The van der Waals surface area contributed by atoms with Gasteiger partial charge in [0.1, 0.15) is 5.69 Å². The van der Waals surface area contributed by atoms with Crippen LogP contribution in [0.3, 0.4) is 0 Å². The Balaban J connectivity index is 3.20. The van der Waals surface area contributed by atoms with Crippen molar-refractivity contribution in [2.24, 2.45) is 5.18 Å². The average Bonchev–Trinajstić information content (AvgIpc) is 2.03. The van der Waals surface area contributed by atoms with Crippen LogP contribution in [0.4, 0.5) is 11.4 Å². The van der Waals surface area contributed by atoms with Crippen LogP contribution in [0, 0.1) is 11.8 Å². The van der Waals surface area contributed by atoms with E-state index in [-0.39, 0.29) is 0 Å². The number of rotatable bonds is 2. The molecule has 0 amide bonds. The number of nitroso groups, excluding NO2 is 1. The summed E-state index contributed by atoms with van der Waals surface area (Å²) in [6.45, 7) is 1.94. The van der Waals surface area contributed by atoms with Crippen molar-refractivity contribution in [2.75, 3.05) is 19.0 Å². The van der Waals surface area contributed by atoms with Crippen molar-refractivity contribution >= 4 is 11.4 Å². The molecule has 0 aliphatic heterocycles. The van der Waals surface area contributed by atoms with E-state index in [1.165, 1.54) is 0 Å². The Kier molecular flexibility index (Phi) is 2.43. The second kappa shape index (κ2) is 3.34. The van der Waals surface area contributed by atoms with Gasteiger partial charge in [-0.2, -0.15) is 0 Å². The van der Waals surface area contributed by atoms with Gasteiger partial charge in [-0.15, -0.1) is 4.91 Å². The fraction of sp³-hybridized carbons (Fsp3) is 0.333. The van der Waals surface area contributed by atoms with Crippen molar-refractivity contribution in [3.8, 4) is 0 Å². The number of nitrogens with zero attached hydrogens (tertiary/aromatic N) is 2. The lowest BCUT2D eigenvalue weighted by atomic mass is 10.2. The van der Waals surface area contributed by atoms with Crippen molar-refractivity contribution in [3.05, 3.63) is 28.7 Å². The molecule has 0 aliphatic rings. The second-order valence-electron chi connectivity index (χ2n) is 2.98. The SMILES string of the molecule is Cc1ccc(N(C)C)c(N=O)c1. The topological polar surface area (TPSA) is 32.7 Å². The molecule has 0 N–H and O–H groups in total. The van der Waals surface area contributed by atoms with Crippen molar-refractivity contribution in [1.82, 2.24) is 0 Å². The minimum Gasteiger partial charge on any atom is -0.376 e. The predicted octanol–water partition coefficient (Wildman–Crippen LogP) is 2.46. The Labute approximate surface area is 72.0 Å². The van der Waals surface area contributed by atoms with Gasteiger partial charge in [-0.25, -0.2) is 0 Å². The summed E-state index contributed by atoms with van der Waals surface area (Å²) >= 11 is 0. The first-order chi connectivity index (χ1) is 5.65. The molecule has 1 aromatic carbocycles. The maximum absolute atomic E-state index is 10.4. The van der Waals surface area contributed by atoms with Gasteiger partial charge in [0.05, 0.1) is 5.69 Å². The normalized spacial score (nSPS) is 9.58. The molecule has 0 radical (unpaired) electrons. The van der Waals surface area contributed by atoms with Crippen LogP contribution in [0.2, 0.25) is 0 Å². The highest BCUT2D eigenvalue weighted by Crippen LogP contribution is 2.27. The zero-order chi connectivity index (χ0) is 9.14. The van der Waals surface area contributed by atoms with Gasteiger partial charge in [0, 0.05) is 14.1 Å². The Bertz CT molecular complexity index is 295. The van der Waals surface area contributed by atoms with Crippen LogP contribution in [-0.4, -0.2) is 14.1 Å². The average molecular weight is 164 g/mol. The Morgan fingerprint density at radius 3 is 2.50 bits per heavy atom. The molecule has 0 aromatic heterocycles. The summed E-state index contributed by atoms with van der Waals surface area (Å²) in [5.74, 6) is 0. The first kappa shape index (κ1) is 8.71. The van der Waals surface area contributed by atoms with Gasteiger partial charge in [0.15, 0.2) is 0 Å². The lowest BCUT2D eigenvalue weighted by molar-refractivity contribution is 1.12. The number of hydrogen-bond acceptors (Lipinski definition) is 3. The number of hydrogen-bond donors (Lipinski definition) is 0. The van der Waals surface area contributed by atoms with Crippen molar-refractivity contribution in [1.29, 1.82) is 0 Å². The van der Waals surface area contributed by atoms with E-state index in [1.807, 2.05) is 38.1 Å². The quantitative estimate of drug-likeness (QED) is 0.629. The van der Waals surface area contributed by atoms with Crippen LogP contribution in [0.1, 0.15) is 5.56 Å². The Morgan fingerprint density at radius 2 is 2.00 bits per heavy atom. The summed E-state index contributed by atoms with van der Waals surface area (Å²) < 4.78 is 0. The Hall–Kier alpha value is -1.38. The summed E-state index contributed by atoms with van der Waals surface area (Å²) in [7, 11) is 3.78. The van der Waals surface area contributed by atoms with Gasteiger partial charge >= 0.3 is 0 Å². The molecule has 0 saturated carbocycles. The fourth-order valence-corrected chi connectivity index (χ4v) is 1.08. The smallest absolute Gasteiger partial charge is 0.131 e. The van der Waals surface area contributed by atoms with E-state index in [1.54, 1.807) is 6.07 Å². The number of benzene rings is 1. The molecule has 0 saturated heterocycles. The van der Waals surface area contributed by atoms with Crippen molar-refractivity contribution < 1.29 is 0 Å². The van der Waals surface area contributed by atoms with Gasteiger partial charge in [-0.3, -0.25) is 0 Å². The number of anilines is 1. The minimum absolute atomic E-state index is 0.500. The van der Waals surface area contributed by atoms with Crippen molar-refractivity contribution in [2.45, 2.75) is 6.92 Å². The second-order valence-corrected chi connectivity index (χ2v) is 2.98. The van der Waals surface area contributed by atoms with Crippen LogP contribution >= 0.6 is 0 Å². The van der Waals surface area contributed by atoms with E-state index in [2.05, 4.69) is 5.18 Å². The lowest BCUT2D eigenvalue weighted by Gasteiger charge is -2.13. The molecule has 0 heterocycles. The highest BCUT2D eigenvalue weighted by Gasteiger charge is 2.03. The van der Waals surface area contributed by atoms with E-state index in [0.717, 1.165) is 11.3 Å². The fourth-order valence-electron chi connectivity index (χ4n) is 1.08. The first-order valence-electron chi connectivity index (χ1n) is 3.76. The predicted molar refractivity (Wildman–Crippen MR) is 51.0 cm³/mol. The minimum atomic E-state index is 0.500. The van der Waals surface area contributed by atoms with Crippen molar-refractivity contribution in [3.63, 3.8) is 0 Å². The molecule has 3 nitrogen and oxygen atoms in total. The van der Waals surface area contributed by atoms with E-state index in [0.29, 0.717) is 5.69 Å². The van der Waals surface area contributed by atoms with Gasteiger partial charge < -0.3 is 4.90 Å². The molecule has 1 rings (SSSR count). The van der Waals surface area contributed by atoms with E-state index in [9.17, 15) is 4.91 Å². The van der Waals surface area contributed by atoms with Crippen LogP contribution in [0.25, 0.3) is 0 Å². The van der Waals surface area contributed by atoms with Gasteiger partial charge in [0.25, 0.3) is 0 Å². The van der Waals surface area contributed by atoms with E-state index in [4.69, 9.17) is 0 Å². The number of aryl methyl sites for hydroxylation is 1. The van der Waals surface area contributed by atoms with Gasteiger partial charge in [-0.05, 0) is 29.8 Å². The standard InChI is InChI=1S/C9H12N2O/c1-7-4-5-9(11(2)3)8(6-7)10-12/h4-6H,1-3H3.